The van der Waals surface area contributed by atoms with Crippen molar-refractivity contribution in [3.8, 4) is 0 Å². The average Bonchev–Trinajstić information content (AvgIpc) is 3.48. The summed E-state index contributed by atoms with van der Waals surface area (Å²) >= 11 is 6.14. The Morgan fingerprint density at radius 3 is 2.03 bits per heavy atom. The maximum Gasteiger partial charge on any atom is 0.309 e. The molecular weight excluding hydrogens is 512 g/mol. The minimum atomic E-state index is -0.178. The van der Waals surface area contributed by atoms with Crippen LogP contribution in [0.5, 0.6) is 0 Å². The third-order valence-corrected chi connectivity index (χ3v) is 7.44. The van der Waals surface area contributed by atoms with Gasteiger partial charge in [-0.25, -0.2) is 15.0 Å². The molecule has 38 heavy (non-hydrogen) atoms. The van der Waals surface area contributed by atoms with E-state index in [1.54, 1.807) is 6.92 Å². The lowest BCUT2D eigenvalue weighted by Crippen LogP contribution is -2.25. The maximum atomic E-state index is 11.9. The van der Waals surface area contributed by atoms with Gasteiger partial charge < -0.3 is 24.4 Å². The van der Waals surface area contributed by atoms with Gasteiger partial charge in [0.05, 0.1) is 42.1 Å². The zero-order valence-electron chi connectivity index (χ0n) is 21.2. The van der Waals surface area contributed by atoms with Crippen LogP contribution >= 0.6 is 11.6 Å². The van der Waals surface area contributed by atoms with E-state index in [1.165, 1.54) is 12.7 Å². The number of esters is 2. The van der Waals surface area contributed by atoms with Gasteiger partial charge in [0.1, 0.15) is 22.8 Å². The van der Waals surface area contributed by atoms with Crippen molar-refractivity contribution in [3.63, 3.8) is 0 Å². The molecule has 0 fully saturated rings. The Hall–Kier alpha value is -3.73. The van der Waals surface area contributed by atoms with E-state index in [1.807, 2.05) is 6.92 Å². The number of nitrogens with one attached hydrogen (secondary N) is 3. The number of aryl methyl sites for hydroxylation is 2. The molecule has 3 N–H and O–H groups in total. The first-order chi connectivity index (χ1) is 18.4. The highest BCUT2D eigenvalue weighted by molar-refractivity contribution is 6.34. The van der Waals surface area contributed by atoms with Crippen LogP contribution in [-0.4, -0.2) is 55.1 Å². The summed E-state index contributed by atoms with van der Waals surface area (Å²) in [5.41, 5.74) is 5.27. The summed E-state index contributed by atoms with van der Waals surface area (Å²) in [7, 11) is 0. The second-order valence-electron chi connectivity index (χ2n) is 9.39. The van der Waals surface area contributed by atoms with E-state index in [9.17, 15) is 14.4 Å². The van der Waals surface area contributed by atoms with Crippen LogP contribution < -0.4 is 5.56 Å². The van der Waals surface area contributed by atoms with Crippen LogP contribution in [0.15, 0.2) is 17.4 Å². The molecule has 12 heteroatoms. The Labute approximate surface area is 222 Å². The summed E-state index contributed by atoms with van der Waals surface area (Å²) in [5.74, 6) is -0.563. The molecule has 4 aromatic heterocycles. The first kappa shape index (κ1) is 25.9. The van der Waals surface area contributed by atoms with Crippen molar-refractivity contribution in [1.82, 2.24) is 29.9 Å². The van der Waals surface area contributed by atoms with E-state index in [0.29, 0.717) is 42.2 Å². The lowest BCUT2D eigenvalue weighted by Gasteiger charge is -2.20. The maximum absolute atomic E-state index is 11.9. The summed E-state index contributed by atoms with van der Waals surface area (Å²) in [6, 6.07) is 0. The Kier molecular flexibility index (Phi) is 7.46. The molecule has 0 aliphatic heterocycles. The minimum absolute atomic E-state index is 0.0947. The molecule has 0 saturated heterocycles. The quantitative estimate of drug-likeness (QED) is 0.263. The number of carbonyl (C=O) groups excluding carboxylic acids is 2. The Morgan fingerprint density at radius 2 is 1.45 bits per heavy atom. The molecule has 4 heterocycles. The van der Waals surface area contributed by atoms with Crippen LogP contribution in [0.4, 0.5) is 0 Å². The van der Waals surface area contributed by atoms with Crippen molar-refractivity contribution in [2.24, 2.45) is 11.8 Å². The molecule has 0 bridgehead atoms. The van der Waals surface area contributed by atoms with Gasteiger partial charge in [0.25, 0.3) is 5.56 Å². The monoisotopic (exact) mass is 540 g/mol. The summed E-state index contributed by atoms with van der Waals surface area (Å²) in [4.78, 5) is 56.9. The number of rotatable bonds is 4. The largest absolute Gasteiger partial charge is 0.466 e. The van der Waals surface area contributed by atoms with Crippen molar-refractivity contribution in [1.29, 1.82) is 0 Å². The summed E-state index contributed by atoms with van der Waals surface area (Å²) in [6.45, 7) is 4.42. The van der Waals surface area contributed by atoms with Gasteiger partial charge in [-0.1, -0.05) is 11.6 Å². The number of halogens is 1. The van der Waals surface area contributed by atoms with Crippen molar-refractivity contribution < 1.29 is 19.1 Å². The van der Waals surface area contributed by atoms with Crippen LogP contribution in [0.25, 0.3) is 22.1 Å². The van der Waals surface area contributed by atoms with E-state index >= 15 is 0 Å². The second-order valence-corrected chi connectivity index (χ2v) is 9.75. The van der Waals surface area contributed by atoms with Crippen molar-refractivity contribution in [2.45, 2.75) is 52.4 Å². The molecule has 4 aromatic rings. The van der Waals surface area contributed by atoms with Gasteiger partial charge in [-0.3, -0.25) is 14.4 Å². The minimum Gasteiger partial charge on any atom is -0.466 e. The Morgan fingerprint density at radius 1 is 0.895 bits per heavy atom. The zero-order chi connectivity index (χ0) is 26.8. The SMILES string of the molecule is CCOC(=O)C1CCc2[nH]c3nc[nH]c(=O)c3c2C1.CCOC(=O)C1CCc2[nH]c3ncnc(Cl)c3c2C1. The van der Waals surface area contributed by atoms with Gasteiger partial charge >= 0.3 is 11.9 Å². The Balaban J connectivity index is 0.000000155. The first-order valence-corrected chi connectivity index (χ1v) is 13.2. The summed E-state index contributed by atoms with van der Waals surface area (Å²) < 4.78 is 10.2. The predicted molar refractivity (Wildman–Crippen MR) is 140 cm³/mol. The highest BCUT2D eigenvalue weighted by Gasteiger charge is 2.30. The number of ether oxygens (including phenoxy) is 2. The van der Waals surface area contributed by atoms with E-state index in [4.69, 9.17) is 21.1 Å². The number of aromatic nitrogens is 6. The third-order valence-electron chi connectivity index (χ3n) is 7.15. The Bertz CT molecular complexity index is 1560. The van der Waals surface area contributed by atoms with Crippen LogP contribution in [0.2, 0.25) is 5.15 Å². The molecule has 0 aromatic carbocycles. The van der Waals surface area contributed by atoms with Gasteiger partial charge in [0.15, 0.2) is 0 Å². The van der Waals surface area contributed by atoms with Crippen LogP contribution in [-0.2, 0) is 44.7 Å². The molecule has 2 atom stereocenters. The number of nitrogens with zero attached hydrogens (tertiary/aromatic N) is 3. The fraction of sp³-hybridized carbons (Fsp3) is 0.462. The second kappa shape index (κ2) is 10.9. The molecule has 11 nitrogen and oxygen atoms in total. The lowest BCUT2D eigenvalue weighted by molar-refractivity contribution is -0.149. The lowest BCUT2D eigenvalue weighted by atomic mass is 9.87. The molecular formula is C26H29ClN6O5. The third kappa shape index (κ3) is 4.90. The van der Waals surface area contributed by atoms with Crippen molar-refractivity contribution in [3.05, 3.63) is 50.7 Å². The number of H-pyrrole nitrogens is 3. The number of hydrogen-bond acceptors (Lipinski definition) is 8. The molecule has 2 aliphatic rings. The zero-order valence-corrected chi connectivity index (χ0v) is 22.0. The van der Waals surface area contributed by atoms with Gasteiger partial charge in [-0.05, 0) is 63.5 Å². The number of aromatic amines is 3. The van der Waals surface area contributed by atoms with E-state index in [0.717, 1.165) is 59.2 Å². The van der Waals surface area contributed by atoms with E-state index in [-0.39, 0.29) is 29.3 Å². The fourth-order valence-electron chi connectivity index (χ4n) is 5.37. The van der Waals surface area contributed by atoms with E-state index in [2.05, 4.69) is 29.9 Å². The summed E-state index contributed by atoms with van der Waals surface area (Å²) in [5, 5.41) is 1.85. The van der Waals surface area contributed by atoms with Gasteiger partial charge in [-0.15, -0.1) is 0 Å². The predicted octanol–water partition coefficient (Wildman–Crippen LogP) is 3.20. The van der Waals surface area contributed by atoms with Gasteiger partial charge in [0, 0.05) is 11.4 Å². The van der Waals surface area contributed by atoms with Crippen LogP contribution in [0.1, 0.15) is 49.2 Å². The molecule has 0 spiro atoms. The standard InChI is InChI=1S/C13H14ClN3O2.C13H15N3O3/c1-2-19-13(18)7-3-4-9-8(5-7)10-11(14)15-6-16-12(10)17-9;1-2-19-13(18)7-3-4-9-8(5-7)10-11(16-9)14-6-15-12(10)17/h6-7H,2-5H2,1H3,(H,15,16,17);6-7H,2-5H2,1H3,(H2,14,15,16,17). The van der Waals surface area contributed by atoms with Gasteiger partial charge in [0.2, 0.25) is 0 Å². The number of carbonyl (C=O) groups is 2. The number of hydrogen-bond donors (Lipinski definition) is 3. The average molecular weight is 541 g/mol. The smallest absolute Gasteiger partial charge is 0.309 e. The van der Waals surface area contributed by atoms with Crippen molar-refractivity contribution in [2.75, 3.05) is 13.2 Å². The number of fused-ring (bicyclic) bond motifs is 6. The molecule has 200 valence electrons. The van der Waals surface area contributed by atoms with Gasteiger partial charge in [-0.2, -0.15) is 0 Å². The highest BCUT2D eigenvalue weighted by Crippen LogP contribution is 2.34. The highest BCUT2D eigenvalue weighted by atomic mass is 35.5. The molecule has 6 rings (SSSR count). The molecule has 0 radical (unpaired) electrons. The molecule has 0 saturated carbocycles. The fourth-order valence-corrected chi connectivity index (χ4v) is 5.62. The topological polar surface area (TPSA) is 156 Å². The molecule has 2 aliphatic carbocycles. The van der Waals surface area contributed by atoms with Crippen molar-refractivity contribution >= 4 is 45.6 Å². The van der Waals surface area contributed by atoms with Crippen LogP contribution in [0.3, 0.4) is 0 Å². The normalized spacial score (nSPS) is 18.3. The molecule has 0 amide bonds. The van der Waals surface area contributed by atoms with Crippen LogP contribution in [0, 0.1) is 11.8 Å². The first-order valence-electron chi connectivity index (χ1n) is 12.8. The van der Waals surface area contributed by atoms with E-state index < -0.39 is 0 Å². The molecule has 2 unspecified atom stereocenters. The summed E-state index contributed by atoms with van der Waals surface area (Å²) in [6.07, 6.45) is 7.11.